The molecule has 0 bridgehead atoms. The monoisotopic (exact) mass is 503 g/mol. The normalized spacial score (nSPS) is 23.2. The fourth-order valence-electron chi connectivity index (χ4n) is 5.02. The number of benzene rings is 1. The fraction of sp³-hybridized carbons (Fsp3) is 0.643. The third-order valence-electron chi connectivity index (χ3n) is 7.14. The van der Waals surface area contributed by atoms with Gasteiger partial charge < -0.3 is 24.2 Å². The summed E-state index contributed by atoms with van der Waals surface area (Å²) >= 11 is 0. The van der Waals surface area contributed by atoms with Crippen molar-refractivity contribution in [3.05, 3.63) is 35.7 Å². The Labute approximate surface area is 213 Å². The molecule has 1 atom stereocenters. The van der Waals surface area contributed by atoms with Crippen molar-refractivity contribution in [3.8, 4) is 5.75 Å². The predicted octanol–water partition coefficient (Wildman–Crippen LogP) is 4.40. The number of ether oxygens (including phenoxy) is 3. The summed E-state index contributed by atoms with van der Waals surface area (Å²) in [5, 5.41) is 10.2. The van der Waals surface area contributed by atoms with E-state index in [1.165, 1.54) is 0 Å². The number of rotatable bonds is 5. The van der Waals surface area contributed by atoms with Crippen molar-refractivity contribution in [1.82, 2.24) is 4.90 Å². The molecule has 2 saturated heterocycles. The minimum Gasteiger partial charge on any atom is -0.490 e. The molecule has 4 rings (SSSR count). The Morgan fingerprint density at radius 1 is 1.19 bits per heavy atom. The van der Waals surface area contributed by atoms with Crippen LogP contribution in [0.5, 0.6) is 5.75 Å². The van der Waals surface area contributed by atoms with Gasteiger partial charge in [0, 0.05) is 37.8 Å². The van der Waals surface area contributed by atoms with Crippen LogP contribution in [0.3, 0.4) is 0 Å². The molecule has 1 aromatic rings. The van der Waals surface area contributed by atoms with Gasteiger partial charge in [-0.05, 0) is 63.3 Å². The highest BCUT2D eigenvalue weighted by atomic mass is 19.1. The van der Waals surface area contributed by atoms with E-state index in [0.29, 0.717) is 58.3 Å². The summed E-state index contributed by atoms with van der Waals surface area (Å²) in [6.45, 7) is 10.1. The van der Waals surface area contributed by atoms with Gasteiger partial charge in [-0.1, -0.05) is 12.1 Å². The number of aliphatic hydroxyl groups excluding tert-OH is 1. The smallest absolute Gasteiger partial charge is 0.490 e. The van der Waals surface area contributed by atoms with Crippen LogP contribution in [-0.2, 0) is 14.3 Å². The van der Waals surface area contributed by atoms with E-state index in [9.17, 15) is 14.3 Å². The van der Waals surface area contributed by atoms with E-state index in [1.807, 2.05) is 36.3 Å². The third kappa shape index (κ3) is 6.99. The lowest BCUT2D eigenvalue weighted by molar-refractivity contribution is -0.558. The number of nitrogens with zero attached hydrogens (tertiary/aromatic N) is 2. The number of hydrogen-bond donors (Lipinski definition) is 1. The van der Waals surface area contributed by atoms with Crippen LogP contribution in [0.25, 0.3) is 5.57 Å². The van der Waals surface area contributed by atoms with Crippen LogP contribution in [0.15, 0.2) is 24.3 Å². The second kappa shape index (κ2) is 11.6. The zero-order valence-electron chi connectivity index (χ0n) is 21.8. The van der Waals surface area contributed by atoms with Crippen LogP contribution in [0.2, 0.25) is 0 Å². The topological polar surface area (TPSA) is 71.2 Å². The number of amides is 1. The average Bonchev–Trinajstić information content (AvgIpc) is 2.87. The molecule has 0 saturated carbocycles. The first kappa shape index (κ1) is 26.5. The molecule has 1 aromatic carbocycles. The molecule has 2 fully saturated rings. The summed E-state index contributed by atoms with van der Waals surface area (Å²) in [4.78, 5) is 14.7. The Hall–Kier alpha value is -2.61. The summed E-state index contributed by atoms with van der Waals surface area (Å²) in [6.07, 6.45) is 5.99. The standard InChI is InChI=1S/C28H39FN2O5/c1-28(2,3)36-27(33)31-12-10-20(11-13-31)19-35-25-9-8-23(18-24(25)29)21-4-6-22(7-5-21)26(32)30-14-16-34-17-15-30/h4,8-9,18,20,22H,5-7,10-17,19H2,1-3H3/p+1. The van der Waals surface area contributed by atoms with E-state index < -0.39 is 5.60 Å². The Kier molecular flexibility index (Phi) is 8.54. The molecule has 8 heteroatoms. The van der Waals surface area contributed by atoms with Crippen molar-refractivity contribution in [2.24, 2.45) is 11.8 Å². The molecule has 2 heterocycles. The van der Waals surface area contributed by atoms with Crippen molar-refractivity contribution in [3.63, 3.8) is 0 Å². The molecule has 2 aliphatic heterocycles. The quantitative estimate of drug-likeness (QED) is 0.477. The molecular formula is C28H40FN2O5+. The maximum absolute atomic E-state index is 14.8. The number of carbonyl (C=O) groups is 1. The largest absolute Gasteiger partial charge is 0.547 e. The second-order valence-electron chi connectivity index (χ2n) is 11.0. The van der Waals surface area contributed by atoms with Gasteiger partial charge in [0.1, 0.15) is 18.7 Å². The Morgan fingerprint density at radius 2 is 1.92 bits per heavy atom. The summed E-state index contributed by atoms with van der Waals surface area (Å²) in [5.41, 5.74) is 1.51. The summed E-state index contributed by atoms with van der Waals surface area (Å²) in [6, 6.07) is 5.17. The molecule has 1 unspecified atom stereocenters. The van der Waals surface area contributed by atoms with Gasteiger partial charge in [-0.15, -0.1) is 0 Å². The van der Waals surface area contributed by atoms with Crippen LogP contribution in [-0.4, -0.2) is 78.2 Å². The maximum Gasteiger partial charge on any atom is 0.547 e. The summed E-state index contributed by atoms with van der Waals surface area (Å²) in [5.74, 6) is 0.421. The first-order chi connectivity index (χ1) is 17.2. The molecule has 0 radical (unpaired) electrons. The number of halogens is 1. The molecule has 36 heavy (non-hydrogen) atoms. The van der Waals surface area contributed by atoms with Crippen molar-refractivity contribution in [2.45, 2.75) is 58.5 Å². The van der Waals surface area contributed by atoms with Gasteiger partial charge in [0.15, 0.2) is 11.6 Å². The lowest BCUT2D eigenvalue weighted by atomic mass is 9.85. The van der Waals surface area contributed by atoms with E-state index in [1.54, 1.807) is 12.1 Å². The number of aliphatic hydroxyl groups is 1. The first-order valence-electron chi connectivity index (χ1n) is 13.2. The highest BCUT2D eigenvalue weighted by molar-refractivity contribution is 5.81. The minimum absolute atomic E-state index is 0.00487. The molecule has 1 amide bonds. The average molecular weight is 504 g/mol. The minimum atomic E-state index is -0.441. The van der Waals surface area contributed by atoms with Gasteiger partial charge in [-0.25, -0.2) is 4.39 Å². The third-order valence-corrected chi connectivity index (χ3v) is 7.14. The summed E-state index contributed by atoms with van der Waals surface area (Å²) < 4.78 is 33.4. The molecule has 0 spiro atoms. The zero-order chi connectivity index (χ0) is 25.7. The van der Waals surface area contributed by atoms with Crippen molar-refractivity contribution in [1.29, 1.82) is 0 Å². The van der Waals surface area contributed by atoms with Gasteiger partial charge in [0.25, 0.3) is 0 Å². The Morgan fingerprint density at radius 3 is 2.53 bits per heavy atom. The SMILES string of the molecule is CC(C)(C)OC(O)=[N+]1CCC(COc2ccc(C3=CCC(C(=O)N4CCOCC4)CC3)cc2F)CC1. The molecule has 198 valence electrons. The highest BCUT2D eigenvalue weighted by Crippen LogP contribution is 2.33. The number of morpholine rings is 1. The fourth-order valence-corrected chi connectivity index (χ4v) is 5.02. The van der Waals surface area contributed by atoms with Crippen LogP contribution in [0.1, 0.15) is 58.4 Å². The number of allylic oxidation sites excluding steroid dienone is 2. The highest BCUT2D eigenvalue weighted by Gasteiger charge is 2.29. The van der Waals surface area contributed by atoms with Gasteiger partial charge >= 0.3 is 6.08 Å². The van der Waals surface area contributed by atoms with Gasteiger partial charge in [-0.2, -0.15) is 4.58 Å². The Bertz CT molecular complexity index is 984. The predicted molar refractivity (Wildman–Crippen MR) is 136 cm³/mol. The lowest BCUT2D eigenvalue weighted by Crippen LogP contribution is -2.44. The second-order valence-corrected chi connectivity index (χ2v) is 11.0. The van der Waals surface area contributed by atoms with Gasteiger partial charge in [0.05, 0.1) is 19.8 Å². The van der Waals surface area contributed by atoms with Crippen LogP contribution < -0.4 is 4.74 Å². The van der Waals surface area contributed by atoms with E-state index in [-0.39, 0.29) is 29.5 Å². The number of carbonyl (C=O) groups excluding carboxylic acids is 1. The van der Waals surface area contributed by atoms with Crippen molar-refractivity contribution in [2.75, 3.05) is 46.0 Å². The van der Waals surface area contributed by atoms with E-state index in [2.05, 4.69) is 6.08 Å². The van der Waals surface area contributed by atoms with Crippen LogP contribution >= 0.6 is 0 Å². The maximum atomic E-state index is 14.8. The molecular weight excluding hydrogens is 463 g/mol. The zero-order valence-corrected chi connectivity index (χ0v) is 21.8. The van der Waals surface area contributed by atoms with Gasteiger partial charge in [-0.3, -0.25) is 4.79 Å². The van der Waals surface area contributed by atoms with Crippen LogP contribution in [0.4, 0.5) is 4.39 Å². The van der Waals surface area contributed by atoms with E-state index in [4.69, 9.17) is 14.2 Å². The van der Waals surface area contributed by atoms with Crippen molar-refractivity contribution >= 4 is 17.6 Å². The van der Waals surface area contributed by atoms with E-state index >= 15 is 0 Å². The molecule has 1 N–H and O–H groups in total. The summed E-state index contributed by atoms with van der Waals surface area (Å²) in [7, 11) is 0. The van der Waals surface area contributed by atoms with E-state index in [0.717, 1.165) is 36.8 Å². The lowest BCUT2D eigenvalue weighted by Gasteiger charge is -2.31. The molecule has 3 aliphatic rings. The molecule has 0 aromatic heterocycles. The number of hydrogen-bond acceptors (Lipinski definition) is 4. The first-order valence-corrected chi connectivity index (χ1v) is 13.2. The Balaban J connectivity index is 1.27. The van der Waals surface area contributed by atoms with Gasteiger partial charge in [0.2, 0.25) is 5.91 Å². The number of piperidine rings is 1. The van der Waals surface area contributed by atoms with Crippen molar-refractivity contribution < 1.29 is 33.1 Å². The molecule has 7 nitrogen and oxygen atoms in total. The van der Waals surface area contributed by atoms with Crippen LogP contribution in [0, 0.1) is 17.7 Å². The molecule has 1 aliphatic carbocycles.